The molecule has 0 saturated heterocycles. The van der Waals surface area contributed by atoms with Crippen molar-refractivity contribution in [1.29, 1.82) is 0 Å². The van der Waals surface area contributed by atoms with E-state index in [4.69, 9.17) is 39.5 Å². The lowest BCUT2D eigenvalue weighted by atomic mass is 10.1. The SMILES string of the molecule is CCN(CC)CCN[C@@H](c1ccc(OC)cc1)C(Cl)(Cl)Cl. The van der Waals surface area contributed by atoms with Gasteiger partial charge in [-0.3, -0.25) is 0 Å². The molecule has 21 heavy (non-hydrogen) atoms. The molecular formula is C15H23Cl3N2O. The van der Waals surface area contributed by atoms with E-state index in [0.29, 0.717) is 0 Å². The van der Waals surface area contributed by atoms with E-state index in [0.717, 1.165) is 37.5 Å². The molecule has 1 aromatic carbocycles. The molecule has 0 amide bonds. The number of nitrogens with zero attached hydrogens (tertiary/aromatic N) is 1. The van der Waals surface area contributed by atoms with Crippen LogP contribution in [0.15, 0.2) is 24.3 Å². The van der Waals surface area contributed by atoms with E-state index < -0.39 is 3.79 Å². The molecule has 0 radical (unpaired) electrons. The van der Waals surface area contributed by atoms with Crippen molar-refractivity contribution in [1.82, 2.24) is 10.2 Å². The number of halogens is 3. The third-order valence-electron chi connectivity index (χ3n) is 3.45. The van der Waals surface area contributed by atoms with Gasteiger partial charge in [0.1, 0.15) is 5.75 Å². The topological polar surface area (TPSA) is 24.5 Å². The van der Waals surface area contributed by atoms with Gasteiger partial charge in [-0.2, -0.15) is 0 Å². The standard InChI is InChI=1S/C15H23Cl3N2O/c1-4-20(5-2)11-10-19-14(15(16,17)18)12-6-8-13(21-3)9-7-12/h6-9,14,19H,4-5,10-11H2,1-3H3/t14-/m0/s1. The molecule has 0 saturated carbocycles. The molecule has 0 fully saturated rings. The van der Waals surface area contributed by atoms with Crippen molar-refractivity contribution in [2.45, 2.75) is 23.7 Å². The highest BCUT2D eigenvalue weighted by Gasteiger charge is 2.33. The van der Waals surface area contributed by atoms with Crippen LogP contribution < -0.4 is 10.1 Å². The van der Waals surface area contributed by atoms with Gasteiger partial charge in [-0.25, -0.2) is 0 Å². The number of hydrogen-bond donors (Lipinski definition) is 1. The predicted octanol–water partition coefficient (Wildman–Crippen LogP) is 4.04. The van der Waals surface area contributed by atoms with Gasteiger partial charge >= 0.3 is 0 Å². The quantitative estimate of drug-likeness (QED) is 0.714. The van der Waals surface area contributed by atoms with Crippen molar-refractivity contribution < 1.29 is 4.74 Å². The minimum absolute atomic E-state index is 0.357. The summed E-state index contributed by atoms with van der Waals surface area (Å²) in [7, 11) is 1.63. The third kappa shape index (κ3) is 6.21. The highest BCUT2D eigenvalue weighted by atomic mass is 35.6. The molecule has 0 aromatic heterocycles. The number of likely N-dealkylation sites (N-methyl/N-ethyl adjacent to an activating group) is 1. The van der Waals surface area contributed by atoms with Crippen molar-refractivity contribution in [3.8, 4) is 5.75 Å². The van der Waals surface area contributed by atoms with Gasteiger partial charge in [0.25, 0.3) is 0 Å². The molecule has 0 heterocycles. The van der Waals surface area contributed by atoms with E-state index in [1.165, 1.54) is 0 Å². The lowest BCUT2D eigenvalue weighted by molar-refractivity contribution is 0.296. The van der Waals surface area contributed by atoms with Crippen LogP contribution in [-0.4, -0.2) is 42.0 Å². The van der Waals surface area contributed by atoms with E-state index in [1.807, 2.05) is 24.3 Å². The summed E-state index contributed by atoms with van der Waals surface area (Å²) >= 11 is 18.3. The van der Waals surface area contributed by atoms with Crippen molar-refractivity contribution >= 4 is 34.8 Å². The number of alkyl halides is 3. The Morgan fingerprint density at radius 2 is 1.71 bits per heavy atom. The van der Waals surface area contributed by atoms with E-state index in [2.05, 4.69) is 24.1 Å². The van der Waals surface area contributed by atoms with Gasteiger partial charge in [0.2, 0.25) is 3.79 Å². The van der Waals surface area contributed by atoms with Crippen LogP contribution in [0.2, 0.25) is 0 Å². The van der Waals surface area contributed by atoms with E-state index in [-0.39, 0.29) is 6.04 Å². The average molecular weight is 354 g/mol. The van der Waals surface area contributed by atoms with Gasteiger partial charge in [-0.15, -0.1) is 0 Å². The number of hydrogen-bond acceptors (Lipinski definition) is 3. The maximum atomic E-state index is 6.11. The Hall–Kier alpha value is -0.190. The highest BCUT2D eigenvalue weighted by Crippen LogP contribution is 2.40. The molecule has 0 aliphatic heterocycles. The largest absolute Gasteiger partial charge is 0.497 e. The second-order valence-corrected chi connectivity index (χ2v) is 7.10. The van der Waals surface area contributed by atoms with Gasteiger partial charge in [-0.1, -0.05) is 60.8 Å². The Kier molecular flexibility index (Phi) is 8.14. The normalized spacial score (nSPS) is 13.5. The zero-order valence-electron chi connectivity index (χ0n) is 12.7. The summed E-state index contributed by atoms with van der Waals surface area (Å²) < 4.78 is 3.75. The van der Waals surface area contributed by atoms with Gasteiger partial charge in [-0.05, 0) is 30.8 Å². The van der Waals surface area contributed by atoms with Gasteiger partial charge in [0, 0.05) is 13.1 Å². The highest BCUT2D eigenvalue weighted by molar-refractivity contribution is 6.68. The first-order valence-corrected chi connectivity index (χ1v) is 8.22. The minimum Gasteiger partial charge on any atom is -0.497 e. The number of ether oxygens (including phenoxy) is 1. The monoisotopic (exact) mass is 352 g/mol. The summed E-state index contributed by atoms with van der Waals surface area (Å²) in [5, 5.41) is 3.33. The summed E-state index contributed by atoms with van der Waals surface area (Å²) in [4.78, 5) is 2.32. The van der Waals surface area contributed by atoms with Crippen molar-refractivity contribution in [3.63, 3.8) is 0 Å². The number of benzene rings is 1. The Morgan fingerprint density at radius 1 is 1.14 bits per heavy atom. The molecular weight excluding hydrogens is 331 g/mol. The molecule has 3 nitrogen and oxygen atoms in total. The second kappa shape index (κ2) is 9.06. The molecule has 6 heteroatoms. The molecule has 1 N–H and O–H groups in total. The van der Waals surface area contributed by atoms with Crippen LogP contribution in [0.3, 0.4) is 0 Å². The molecule has 1 aromatic rings. The summed E-state index contributed by atoms with van der Waals surface area (Å²) in [6, 6.07) is 7.20. The third-order valence-corrected chi connectivity index (χ3v) is 4.10. The molecule has 1 atom stereocenters. The number of rotatable bonds is 8. The van der Waals surface area contributed by atoms with Gasteiger partial charge < -0.3 is 15.0 Å². The summed E-state index contributed by atoms with van der Waals surface area (Å²) in [5.41, 5.74) is 0.926. The van der Waals surface area contributed by atoms with Crippen molar-refractivity contribution in [2.24, 2.45) is 0 Å². The first-order valence-electron chi connectivity index (χ1n) is 7.08. The van der Waals surface area contributed by atoms with Crippen LogP contribution in [0.25, 0.3) is 0 Å². The first-order chi connectivity index (χ1) is 9.92. The van der Waals surface area contributed by atoms with Crippen LogP contribution in [0.5, 0.6) is 5.75 Å². The fourth-order valence-corrected chi connectivity index (χ4v) is 2.74. The maximum absolute atomic E-state index is 6.11. The van der Waals surface area contributed by atoms with Crippen molar-refractivity contribution in [3.05, 3.63) is 29.8 Å². The first kappa shape index (κ1) is 18.9. The molecule has 0 unspecified atom stereocenters. The lowest BCUT2D eigenvalue weighted by Gasteiger charge is -2.27. The second-order valence-electron chi connectivity index (χ2n) is 4.73. The molecule has 0 bridgehead atoms. The summed E-state index contributed by atoms with van der Waals surface area (Å²) in [6.45, 7) is 7.98. The maximum Gasteiger partial charge on any atom is 0.209 e. The van der Waals surface area contributed by atoms with Crippen molar-refractivity contribution in [2.75, 3.05) is 33.3 Å². The fourth-order valence-electron chi connectivity index (χ4n) is 2.13. The zero-order chi connectivity index (χ0) is 15.9. The Bertz CT molecular complexity index is 402. The molecule has 1 rings (SSSR count). The number of methoxy groups -OCH3 is 1. The average Bonchev–Trinajstić information content (AvgIpc) is 2.46. The molecule has 120 valence electrons. The summed E-state index contributed by atoms with van der Waals surface area (Å²) in [5.74, 6) is 0.782. The van der Waals surface area contributed by atoms with E-state index in [1.54, 1.807) is 7.11 Å². The van der Waals surface area contributed by atoms with Crippen LogP contribution in [-0.2, 0) is 0 Å². The van der Waals surface area contributed by atoms with Gasteiger partial charge in [0.15, 0.2) is 0 Å². The molecule has 0 spiro atoms. The van der Waals surface area contributed by atoms with Gasteiger partial charge in [0.05, 0.1) is 13.2 Å². The fraction of sp³-hybridized carbons (Fsp3) is 0.600. The van der Waals surface area contributed by atoms with Crippen LogP contribution in [0, 0.1) is 0 Å². The molecule has 0 aliphatic carbocycles. The van der Waals surface area contributed by atoms with Crippen LogP contribution in [0.4, 0.5) is 0 Å². The minimum atomic E-state index is -1.40. The zero-order valence-corrected chi connectivity index (χ0v) is 15.0. The van der Waals surface area contributed by atoms with E-state index >= 15 is 0 Å². The Balaban J connectivity index is 2.72. The Labute approximate surface area is 142 Å². The van der Waals surface area contributed by atoms with Crippen LogP contribution >= 0.6 is 34.8 Å². The predicted molar refractivity (Wildman–Crippen MR) is 91.8 cm³/mol. The number of nitrogens with one attached hydrogen (secondary N) is 1. The molecule has 0 aliphatic rings. The van der Waals surface area contributed by atoms with E-state index in [9.17, 15) is 0 Å². The smallest absolute Gasteiger partial charge is 0.209 e. The van der Waals surface area contributed by atoms with Crippen LogP contribution in [0.1, 0.15) is 25.5 Å². The Morgan fingerprint density at radius 3 is 2.14 bits per heavy atom. The lowest BCUT2D eigenvalue weighted by Crippen LogP contribution is -2.38. The summed E-state index contributed by atoms with van der Waals surface area (Å²) in [6.07, 6.45) is 0.